The summed E-state index contributed by atoms with van der Waals surface area (Å²) in [5.41, 5.74) is 0.652. The number of hydrogen-bond donors (Lipinski definition) is 3. The lowest BCUT2D eigenvalue weighted by atomic mass is 9.94. The van der Waals surface area contributed by atoms with Crippen LogP contribution >= 0.6 is 0 Å². The maximum absolute atomic E-state index is 13.4. The topological polar surface area (TPSA) is 162 Å². The standard InChI is InChI=1S/C41H66N8O7/c1-8-54-26-25-46-21-23-47(24-22-46)35-27-34(43-36(51)30-50)44-37(45-35)42-28-31-15-17-32(18-16-31)29-48(38(52)55-40(2,3)4)19-12-20-49(33-13-10-9-11-14-33)39(53)56-41(5,6)7/h15-18,27,33,50H,8-14,19-26,28-30H2,1-7H3,(H2,42,43,44,45,51). The molecule has 56 heavy (non-hydrogen) atoms. The van der Waals surface area contributed by atoms with Crippen molar-refractivity contribution in [2.75, 3.05) is 81.2 Å². The summed E-state index contributed by atoms with van der Waals surface area (Å²) in [5, 5.41) is 15.3. The summed E-state index contributed by atoms with van der Waals surface area (Å²) in [5.74, 6) is 0.789. The van der Waals surface area contributed by atoms with E-state index in [4.69, 9.17) is 19.2 Å². The Bertz CT molecular complexity index is 1530. The summed E-state index contributed by atoms with van der Waals surface area (Å²) in [6.45, 7) is 19.8. The van der Waals surface area contributed by atoms with E-state index in [9.17, 15) is 19.5 Å². The summed E-state index contributed by atoms with van der Waals surface area (Å²) >= 11 is 0. The normalized spacial score (nSPS) is 15.6. The van der Waals surface area contributed by atoms with Gasteiger partial charge < -0.3 is 44.7 Å². The second kappa shape index (κ2) is 21.4. The van der Waals surface area contributed by atoms with E-state index in [0.717, 1.165) is 69.5 Å². The molecule has 2 aliphatic rings. The molecule has 1 aromatic heterocycles. The summed E-state index contributed by atoms with van der Waals surface area (Å²) < 4.78 is 17.1. The van der Waals surface area contributed by atoms with Gasteiger partial charge in [0.25, 0.3) is 5.91 Å². The van der Waals surface area contributed by atoms with Gasteiger partial charge in [0.15, 0.2) is 0 Å². The number of anilines is 3. The van der Waals surface area contributed by atoms with Crippen LogP contribution in [0, 0.1) is 0 Å². The molecule has 3 amide bonds. The van der Waals surface area contributed by atoms with Crippen molar-refractivity contribution in [3.63, 3.8) is 0 Å². The molecule has 0 unspecified atom stereocenters. The fourth-order valence-electron chi connectivity index (χ4n) is 6.75. The van der Waals surface area contributed by atoms with E-state index in [2.05, 4.69) is 25.4 Å². The Morgan fingerprint density at radius 2 is 1.52 bits per heavy atom. The highest BCUT2D eigenvalue weighted by Crippen LogP contribution is 2.25. The minimum absolute atomic E-state index is 0.139. The monoisotopic (exact) mass is 783 g/mol. The average Bonchev–Trinajstić information content (AvgIpc) is 3.15. The Morgan fingerprint density at radius 3 is 2.14 bits per heavy atom. The van der Waals surface area contributed by atoms with Gasteiger partial charge >= 0.3 is 12.2 Å². The van der Waals surface area contributed by atoms with Crippen LogP contribution in [0.5, 0.6) is 0 Å². The van der Waals surface area contributed by atoms with E-state index in [-0.39, 0.29) is 12.1 Å². The maximum Gasteiger partial charge on any atom is 0.410 e. The Hall–Kier alpha value is -4.21. The highest BCUT2D eigenvalue weighted by molar-refractivity contribution is 5.91. The number of carbonyl (C=O) groups is 3. The van der Waals surface area contributed by atoms with Crippen LogP contribution in [0.15, 0.2) is 30.3 Å². The third kappa shape index (κ3) is 15.4. The van der Waals surface area contributed by atoms with E-state index < -0.39 is 29.8 Å². The van der Waals surface area contributed by atoms with Crippen LogP contribution in [0.2, 0.25) is 0 Å². The molecule has 1 aliphatic carbocycles. The number of aliphatic hydroxyl groups excluding tert-OH is 1. The summed E-state index contributed by atoms with van der Waals surface area (Å²) in [4.78, 5) is 56.1. The molecular weight excluding hydrogens is 716 g/mol. The SMILES string of the molecule is CCOCCN1CCN(c2cc(NC(=O)CO)nc(NCc3ccc(CN(CCCN(C(=O)OC(C)(C)C)C4CCCCC4)C(=O)OC(C)(C)C)cc3)n2)CC1. The van der Waals surface area contributed by atoms with E-state index in [1.165, 1.54) is 6.42 Å². The van der Waals surface area contributed by atoms with Gasteiger partial charge in [0.1, 0.15) is 29.4 Å². The van der Waals surface area contributed by atoms with E-state index in [0.29, 0.717) is 63.4 Å². The summed E-state index contributed by atoms with van der Waals surface area (Å²) in [6, 6.07) is 9.81. The number of nitrogens with one attached hydrogen (secondary N) is 2. The number of hydrogen-bond acceptors (Lipinski definition) is 12. The first-order valence-corrected chi connectivity index (χ1v) is 20.3. The van der Waals surface area contributed by atoms with Crippen LogP contribution in [0.3, 0.4) is 0 Å². The molecule has 312 valence electrons. The summed E-state index contributed by atoms with van der Waals surface area (Å²) in [6.07, 6.45) is 5.17. The molecule has 0 bridgehead atoms. The van der Waals surface area contributed by atoms with Gasteiger partial charge in [-0.3, -0.25) is 9.69 Å². The largest absolute Gasteiger partial charge is 0.444 e. The molecular formula is C41H66N8O7. The predicted octanol–water partition coefficient (Wildman–Crippen LogP) is 5.88. The molecule has 1 saturated heterocycles. The zero-order chi connectivity index (χ0) is 40.7. The minimum Gasteiger partial charge on any atom is -0.444 e. The second-order valence-corrected chi connectivity index (χ2v) is 16.6. The average molecular weight is 783 g/mol. The number of nitrogens with zero attached hydrogens (tertiary/aromatic N) is 6. The van der Waals surface area contributed by atoms with Crippen molar-refractivity contribution < 1.29 is 33.7 Å². The van der Waals surface area contributed by atoms with Crippen molar-refractivity contribution in [2.24, 2.45) is 0 Å². The quantitative estimate of drug-likeness (QED) is 0.164. The smallest absolute Gasteiger partial charge is 0.410 e. The Balaban J connectivity index is 1.40. The van der Waals surface area contributed by atoms with Crippen LogP contribution in [-0.2, 0) is 32.1 Å². The van der Waals surface area contributed by atoms with Crippen molar-refractivity contribution >= 4 is 35.7 Å². The molecule has 1 aromatic carbocycles. The van der Waals surface area contributed by atoms with E-state index in [1.54, 1.807) is 11.0 Å². The van der Waals surface area contributed by atoms with Gasteiger partial charge in [0.05, 0.1) is 6.61 Å². The lowest BCUT2D eigenvalue weighted by Gasteiger charge is -2.36. The van der Waals surface area contributed by atoms with Gasteiger partial charge in [-0.1, -0.05) is 43.5 Å². The number of aromatic nitrogens is 2. The molecule has 15 heteroatoms. The first-order valence-electron chi connectivity index (χ1n) is 20.3. The first-order chi connectivity index (χ1) is 26.6. The molecule has 0 radical (unpaired) electrons. The highest BCUT2D eigenvalue weighted by atomic mass is 16.6. The summed E-state index contributed by atoms with van der Waals surface area (Å²) in [7, 11) is 0. The fourth-order valence-corrected chi connectivity index (χ4v) is 6.75. The third-order valence-corrected chi connectivity index (χ3v) is 9.55. The molecule has 4 rings (SSSR count). The van der Waals surface area contributed by atoms with Gasteiger partial charge in [-0.2, -0.15) is 9.97 Å². The lowest BCUT2D eigenvalue weighted by molar-refractivity contribution is -0.118. The maximum atomic E-state index is 13.4. The number of piperazine rings is 1. The first kappa shape index (κ1) is 44.5. The second-order valence-electron chi connectivity index (χ2n) is 16.6. The van der Waals surface area contributed by atoms with Gasteiger partial charge in [0, 0.05) is 77.6 Å². The van der Waals surface area contributed by atoms with Crippen molar-refractivity contribution in [2.45, 2.75) is 117 Å². The molecule has 0 atom stereocenters. The number of ether oxygens (including phenoxy) is 3. The number of aliphatic hydroxyl groups is 1. The van der Waals surface area contributed by atoms with Crippen LogP contribution in [0.4, 0.5) is 27.2 Å². The zero-order valence-corrected chi connectivity index (χ0v) is 34.8. The van der Waals surface area contributed by atoms with Crippen molar-refractivity contribution in [1.82, 2.24) is 24.7 Å². The molecule has 15 nitrogen and oxygen atoms in total. The molecule has 2 aromatic rings. The van der Waals surface area contributed by atoms with Crippen molar-refractivity contribution in [3.8, 4) is 0 Å². The zero-order valence-electron chi connectivity index (χ0n) is 34.8. The van der Waals surface area contributed by atoms with Gasteiger partial charge in [-0.15, -0.1) is 0 Å². The molecule has 2 fully saturated rings. The van der Waals surface area contributed by atoms with Gasteiger partial charge in [-0.05, 0) is 78.9 Å². The minimum atomic E-state index is -0.659. The highest BCUT2D eigenvalue weighted by Gasteiger charge is 2.30. The third-order valence-electron chi connectivity index (χ3n) is 9.55. The number of carbonyl (C=O) groups excluding carboxylic acids is 3. The fraction of sp³-hybridized carbons (Fsp3) is 0.683. The number of benzene rings is 1. The van der Waals surface area contributed by atoms with E-state index >= 15 is 0 Å². The molecule has 1 saturated carbocycles. The molecule has 0 spiro atoms. The van der Waals surface area contributed by atoms with Gasteiger partial charge in [0.2, 0.25) is 5.95 Å². The van der Waals surface area contributed by atoms with Crippen molar-refractivity contribution in [1.29, 1.82) is 0 Å². The predicted molar refractivity (Wildman–Crippen MR) is 218 cm³/mol. The molecule has 1 aliphatic heterocycles. The van der Waals surface area contributed by atoms with Crippen LogP contribution in [-0.4, -0.2) is 131 Å². The number of amides is 3. The lowest BCUT2D eigenvalue weighted by Crippen LogP contribution is -2.47. The Morgan fingerprint density at radius 1 is 0.875 bits per heavy atom. The van der Waals surface area contributed by atoms with E-state index in [1.807, 2.05) is 77.6 Å². The van der Waals surface area contributed by atoms with Crippen LogP contribution in [0.25, 0.3) is 0 Å². The molecule has 3 N–H and O–H groups in total. The van der Waals surface area contributed by atoms with Crippen LogP contribution in [0.1, 0.15) is 98.1 Å². The Labute approximate surface area is 333 Å². The number of rotatable bonds is 17. The van der Waals surface area contributed by atoms with Gasteiger partial charge in [-0.25, -0.2) is 9.59 Å². The molecule has 2 heterocycles. The van der Waals surface area contributed by atoms with Crippen LogP contribution < -0.4 is 15.5 Å². The Kier molecular flexibility index (Phi) is 17.0. The van der Waals surface area contributed by atoms with Crippen molar-refractivity contribution in [3.05, 3.63) is 41.5 Å².